The summed E-state index contributed by atoms with van der Waals surface area (Å²) >= 11 is 12.9. The number of amides is 1. The normalized spacial score (nSPS) is 17.0. The van der Waals surface area contributed by atoms with Crippen molar-refractivity contribution < 1.29 is 32.5 Å². The van der Waals surface area contributed by atoms with Gasteiger partial charge in [-0.15, -0.1) is 0 Å². The molecule has 1 amide bonds. The molecular weight excluding hydrogens is 696 g/mol. The first kappa shape index (κ1) is 36.5. The van der Waals surface area contributed by atoms with E-state index < -0.39 is 29.3 Å². The summed E-state index contributed by atoms with van der Waals surface area (Å²) in [5.41, 5.74) is 13.6. The second-order valence-corrected chi connectivity index (χ2v) is 12.1. The number of carbonyl (C=O) groups is 1. The lowest BCUT2D eigenvalue weighted by Crippen LogP contribution is -2.54. The number of aliphatic hydroxyl groups is 1. The van der Waals surface area contributed by atoms with Crippen molar-refractivity contribution in [2.45, 2.75) is 43.8 Å². The average Bonchev–Trinajstić information content (AvgIpc) is 3.48. The van der Waals surface area contributed by atoms with Gasteiger partial charge in [-0.25, -0.2) is 10.4 Å². The Kier molecular flexibility index (Phi) is 11.9. The molecule has 4 aromatic rings. The topological polar surface area (TPSA) is 141 Å². The zero-order valence-electron chi connectivity index (χ0n) is 26.3. The summed E-state index contributed by atoms with van der Waals surface area (Å²) in [6, 6.07) is 23.6. The number of rotatable bonds is 14. The maximum absolute atomic E-state index is 14.5. The predicted octanol–water partition coefficient (Wildman–Crippen LogP) is 7.90. The third-order valence-electron chi connectivity index (χ3n) is 7.96. The van der Waals surface area contributed by atoms with Gasteiger partial charge in [0.1, 0.15) is 5.75 Å². The van der Waals surface area contributed by atoms with E-state index in [0.29, 0.717) is 46.1 Å². The van der Waals surface area contributed by atoms with Crippen LogP contribution >= 0.6 is 23.2 Å². The quantitative estimate of drug-likeness (QED) is 0.0398. The van der Waals surface area contributed by atoms with Gasteiger partial charge < -0.3 is 14.6 Å². The Labute approximate surface area is 295 Å². The first-order chi connectivity index (χ1) is 24.1. The minimum absolute atomic E-state index is 0.0155. The molecule has 10 nitrogen and oxygen atoms in total. The maximum Gasteiger partial charge on any atom is 0.416 e. The largest absolute Gasteiger partial charge is 0.494 e. The molecule has 0 aromatic heterocycles. The Morgan fingerprint density at radius 2 is 1.72 bits per heavy atom. The fourth-order valence-electron chi connectivity index (χ4n) is 5.53. The minimum Gasteiger partial charge on any atom is -0.494 e. The fourth-order valence-corrected chi connectivity index (χ4v) is 6.04. The van der Waals surface area contributed by atoms with E-state index in [9.17, 15) is 18.0 Å². The number of aliphatic hydroxyl groups excluding tert-OH is 1. The highest BCUT2D eigenvalue weighted by Gasteiger charge is 2.54. The van der Waals surface area contributed by atoms with Crippen LogP contribution in [0.15, 0.2) is 101 Å². The first-order valence-corrected chi connectivity index (χ1v) is 16.1. The smallest absolute Gasteiger partial charge is 0.416 e. The van der Waals surface area contributed by atoms with Crippen LogP contribution in [0.4, 0.5) is 13.2 Å². The zero-order valence-corrected chi connectivity index (χ0v) is 27.8. The highest BCUT2D eigenvalue weighted by atomic mass is 35.5. The zero-order chi connectivity index (χ0) is 35.7. The number of nitrogens with one attached hydrogen (secondary N) is 2. The summed E-state index contributed by atoms with van der Waals surface area (Å²) < 4.78 is 53.2. The second-order valence-electron chi connectivity index (χ2n) is 11.3. The molecule has 0 aliphatic carbocycles. The van der Waals surface area contributed by atoms with E-state index in [1.165, 1.54) is 24.3 Å². The third-order valence-corrected chi connectivity index (χ3v) is 8.52. The Morgan fingerprint density at radius 3 is 2.40 bits per heavy atom. The van der Waals surface area contributed by atoms with Crippen LogP contribution in [0.5, 0.6) is 5.75 Å². The van der Waals surface area contributed by atoms with Gasteiger partial charge >= 0.3 is 6.18 Å². The number of hydrogen-bond acceptors (Lipinski definition) is 7. The van der Waals surface area contributed by atoms with E-state index in [1.807, 2.05) is 0 Å². The lowest BCUT2D eigenvalue weighted by atomic mass is 9.81. The predicted molar refractivity (Wildman–Crippen MR) is 183 cm³/mol. The molecule has 4 aromatic carbocycles. The summed E-state index contributed by atoms with van der Waals surface area (Å²) in [5.74, 6) is -0.0963. The molecule has 1 heterocycles. The van der Waals surface area contributed by atoms with Crippen molar-refractivity contribution in [1.29, 1.82) is 0 Å². The number of azide groups is 1. The van der Waals surface area contributed by atoms with Crippen LogP contribution in [0.2, 0.25) is 10.0 Å². The van der Waals surface area contributed by atoms with Crippen molar-refractivity contribution in [2.75, 3.05) is 13.2 Å². The van der Waals surface area contributed by atoms with Gasteiger partial charge in [-0.2, -0.15) is 13.2 Å². The van der Waals surface area contributed by atoms with Crippen molar-refractivity contribution in [3.63, 3.8) is 0 Å². The molecule has 0 radical (unpaired) electrons. The van der Waals surface area contributed by atoms with Crippen LogP contribution in [-0.4, -0.2) is 35.7 Å². The molecule has 5 rings (SSSR count). The van der Waals surface area contributed by atoms with Crippen LogP contribution in [-0.2, 0) is 35.2 Å². The fraction of sp³-hybridized carbons (Fsp3) is 0.257. The van der Waals surface area contributed by atoms with Gasteiger partial charge in [0.2, 0.25) is 5.90 Å². The highest BCUT2D eigenvalue weighted by Crippen LogP contribution is 2.45. The van der Waals surface area contributed by atoms with Crippen molar-refractivity contribution in [3.05, 3.63) is 145 Å². The molecule has 0 saturated heterocycles. The summed E-state index contributed by atoms with van der Waals surface area (Å²) in [7, 11) is 0. The molecule has 0 saturated carbocycles. The molecule has 0 bridgehead atoms. The number of alkyl halides is 3. The molecule has 1 aliphatic rings. The summed E-state index contributed by atoms with van der Waals surface area (Å²) in [6.07, 6.45) is -5.39. The molecule has 1 aliphatic heterocycles. The monoisotopic (exact) mass is 726 g/mol. The van der Waals surface area contributed by atoms with Crippen molar-refractivity contribution in [2.24, 2.45) is 10.1 Å². The second kappa shape index (κ2) is 16.3. The number of aliphatic imine (C=N–C) groups is 1. The Hall–Kier alpha value is -4.78. The minimum atomic E-state index is -4.60. The van der Waals surface area contributed by atoms with Gasteiger partial charge in [0.15, 0.2) is 11.6 Å². The molecule has 0 fully saturated rings. The van der Waals surface area contributed by atoms with Crippen LogP contribution in [0, 0.1) is 0 Å². The van der Waals surface area contributed by atoms with Gasteiger partial charge in [-0.3, -0.25) is 10.2 Å². The van der Waals surface area contributed by atoms with E-state index in [-0.39, 0.29) is 42.6 Å². The Bertz CT molecular complexity index is 1900. The van der Waals surface area contributed by atoms with Gasteiger partial charge in [0.25, 0.3) is 5.91 Å². The van der Waals surface area contributed by atoms with Crippen LogP contribution < -0.4 is 15.6 Å². The Balaban J connectivity index is 1.58. The SMILES string of the molecule is [N-]=[N+]=NCc1ccccc1C[C@]1(C(=O)NNCc2ccccc2C(F)(F)F)N=C(c2ccc(OCCCO)cc2)O[C@H]1c1ccc(Cl)cc1Cl. The van der Waals surface area contributed by atoms with Gasteiger partial charge in [0.05, 0.1) is 18.7 Å². The van der Waals surface area contributed by atoms with Crippen molar-refractivity contribution in [3.8, 4) is 5.75 Å². The van der Waals surface area contributed by atoms with E-state index in [4.69, 9.17) is 48.3 Å². The number of hydrogen-bond donors (Lipinski definition) is 3. The van der Waals surface area contributed by atoms with Crippen molar-refractivity contribution in [1.82, 2.24) is 10.9 Å². The van der Waals surface area contributed by atoms with E-state index >= 15 is 0 Å². The summed E-state index contributed by atoms with van der Waals surface area (Å²) in [4.78, 5) is 22.3. The number of benzene rings is 4. The van der Waals surface area contributed by atoms with Crippen LogP contribution in [0.3, 0.4) is 0 Å². The number of nitrogens with zero attached hydrogens (tertiary/aromatic N) is 4. The highest BCUT2D eigenvalue weighted by molar-refractivity contribution is 6.35. The average molecular weight is 728 g/mol. The lowest BCUT2D eigenvalue weighted by molar-refractivity contribution is -0.138. The standard InChI is InChI=1S/C35H31Cl2F3N6O4/c36-26-12-15-28(30(37)18-26)31-34(19-23-6-1-2-7-24(23)20-43-46-41,33(48)45-42-21-25-8-3-4-9-29(25)35(38,39)40)44-32(50-31)22-10-13-27(14-11-22)49-17-5-16-47/h1-4,6-15,18,31,42,47H,5,16-17,19-21H2,(H,45,48)/t31-,34-/m0/s1. The van der Waals surface area contributed by atoms with Gasteiger partial charge in [-0.05, 0) is 64.7 Å². The van der Waals surface area contributed by atoms with Gasteiger partial charge in [0, 0.05) is 52.1 Å². The summed E-state index contributed by atoms with van der Waals surface area (Å²) in [6.45, 7) is -0.0778. The number of halogens is 5. The van der Waals surface area contributed by atoms with E-state index in [0.717, 1.165) is 6.07 Å². The molecule has 3 N–H and O–H groups in total. The number of ether oxygens (including phenoxy) is 2. The molecule has 2 atom stereocenters. The number of hydrazine groups is 1. The van der Waals surface area contributed by atoms with Crippen LogP contribution in [0.25, 0.3) is 10.4 Å². The molecule has 15 heteroatoms. The molecule has 0 unspecified atom stereocenters. The Morgan fingerprint density at radius 1 is 1.02 bits per heavy atom. The maximum atomic E-state index is 14.5. The van der Waals surface area contributed by atoms with E-state index in [1.54, 1.807) is 60.7 Å². The molecule has 50 heavy (non-hydrogen) atoms. The lowest BCUT2D eigenvalue weighted by Gasteiger charge is -2.32. The number of carbonyl (C=O) groups excluding carboxylic acids is 1. The summed E-state index contributed by atoms with van der Waals surface area (Å²) in [5, 5.41) is 13.3. The molecule has 0 spiro atoms. The van der Waals surface area contributed by atoms with Gasteiger partial charge in [-0.1, -0.05) is 76.8 Å². The third kappa shape index (κ3) is 8.50. The van der Waals surface area contributed by atoms with Crippen molar-refractivity contribution >= 4 is 35.0 Å². The van der Waals surface area contributed by atoms with Crippen LogP contribution in [0.1, 0.15) is 45.9 Å². The molecule has 260 valence electrons. The molecular formula is C35H31Cl2F3N6O4. The first-order valence-electron chi connectivity index (χ1n) is 15.4. The van der Waals surface area contributed by atoms with E-state index in [2.05, 4.69) is 20.9 Å².